The van der Waals surface area contributed by atoms with E-state index in [1.165, 1.54) is 9.13 Å². The minimum absolute atomic E-state index is 0.768. The molecule has 2 aromatic rings. The molecule has 0 saturated carbocycles. The van der Waals surface area contributed by atoms with Crippen molar-refractivity contribution in [3.8, 4) is 0 Å². The van der Waals surface area contributed by atoms with Crippen LogP contribution in [0.15, 0.2) is 41.1 Å². The van der Waals surface area contributed by atoms with E-state index in [4.69, 9.17) is 4.42 Å². The first-order valence-corrected chi connectivity index (χ1v) is 5.06. The molecule has 1 heterocycles. The highest BCUT2D eigenvalue weighted by atomic mass is 127. The molecule has 0 spiro atoms. The van der Waals surface area contributed by atoms with Gasteiger partial charge in [-0.15, -0.1) is 0 Å². The summed E-state index contributed by atoms with van der Waals surface area (Å²) in [5.41, 5.74) is 1.26. The summed E-state index contributed by atoms with van der Waals surface area (Å²) < 4.78 is 6.43. The van der Waals surface area contributed by atoms with Gasteiger partial charge in [-0.3, -0.25) is 0 Å². The van der Waals surface area contributed by atoms with Gasteiger partial charge >= 0.3 is 0 Å². The fraction of sp³-hybridized carbons (Fsp3) is 0.100. The monoisotopic (exact) mass is 285 g/mol. The third-order valence-electron chi connectivity index (χ3n) is 1.78. The molecule has 0 amide bonds. The molecule has 0 radical (unpaired) electrons. The van der Waals surface area contributed by atoms with Gasteiger partial charge in [0.25, 0.3) is 0 Å². The Bertz CT molecular complexity index is 384. The van der Waals surface area contributed by atoms with Gasteiger partial charge in [-0.2, -0.15) is 0 Å². The highest BCUT2D eigenvalue weighted by Gasteiger charge is 2.02. The third-order valence-corrected chi connectivity index (χ3v) is 2.84. The van der Waals surface area contributed by atoms with E-state index >= 15 is 0 Å². The van der Waals surface area contributed by atoms with Gasteiger partial charge in [-0.1, -0.05) is 18.2 Å². The Balaban J connectivity index is 2.24. The van der Waals surface area contributed by atoms with Crippen molar-refractivity contribution in [2.45, 2.75) is 6.42 Å². The molecule has 2 rings (SSSR count). The molecule has 66 valence electrons. The molecule has 1 aromatic heterocycles. The molecule has 0 fully saturated rings. The van der Waals surface area contributed by atoms with Crippen molar-refractivity contribution in [1.29, 1.82) is 0 Å². The van der Waals surface area contributed by atoms with Crippen LogP contribution in [0.4, 0.5) is 0 Å². The SMILES string of the molecule is Ic1ccccc1Cc1ncco1. The second kappa shape index (κ2) is 3.91. The van der Waals surface area contributed by atoms with Crippen LogP contribution in [0.5, 0.6) is 0 Å². The van der Waals surface area contributed by atoms with Crippen LogP contribution >= 0.6 is 22.6 Å². The molecule has 2 nitrogen and oxygen atoms in total. The molecule has 0 bridgehead atoms. The van der Waals surface area contributed by atoms with E-state index in [0.717, 1.165) is 12.3 Å². The molecule has 0 unspecified atom stereocenters. The Morgan fingerprint density at radius 2 is 2.15 bits per heavy atom. The lowest BCUT2D eigenvalue weighted by Gasteiger charge is -1.99. The van der Waals surface area contributed by atoms with Gasteiger partial charge in [0.15, 0.2) is 5.89 Å². The molecule has 0 saturated heterocycles. The van der Waals surface area contributed by atoms with Crippen molar-refractivity contribution in [2.75, 3.05) is 0 Å². The number of nitrogens with zero attached hydrogens (tertiary/aromatic N) is 1. The van der Waals surface area contributed by atoms with E-state index in [2.05, 4.69) is 39.7 Å². The number of benzene rings is 1. The van der Waals surface area contributed by atoms with E-state index in [1.54, 1.807) is 12.5 Å². The van der Waals surface area contributed by atoms with Gasteiger partial charge in [0, 0.05) is 3.57 Å². The molecule has 3 heteroatoms. The summed E-state index contributed by atoms with van der Waals surface area (Å²) >= 11 is 2.32. The van der Waals surface area contributed by atoms with E-state index in [0.29, 0.717) is 0 Å². The molecule has 0 N–H and O–H groups in total. The zero-order valence-corrected chi connectivity index (χ0v) is 9.06. The van der Waals surface area contributed by atoms with Crippen LogP contribution in [0.25, 0.3) is 0 Å². The standard InChI is InChI=1S/C10H8INO/c11-9-4-2-1-3-8(9)7-10-12-5-6-13-10/h1-6H,7H2. The van der Waals surface area contributed by atoms with E-state index in [-0.39, 0.29) is 0 Å². The van der Waals surface area contributed by atoms with Crippen LogP contribution in [0.3, 0.4) is 0 Å². The van der Waals surface area contributed by atoms with Crippen LogP contribution in [0.2, 0.25) is 0 Å². The predicted octanol–water partition coefficient (Wildman–Crippen LogP) is 2.87. The topological polar surface area (TPSA) is 26.0 Å². The molecule has 13 heavy (non-hydrogen) atoms. The first kappa shape index (κ1) is 8.74. The lowest BCUT2D eigenvalue weighted by atomic mass is 10.1. The third kappa shape index (κ3) is 2.09. The van der Waals surface area contributed by atoms with Crippen LogP contribution in [0.1, 0.15) is 11.5 Å². The van der Waals surface area contributed by atoms with Crippen LogP contribution < -0.4 is 0 Å². The quantitative estimate of drug-likeness (QED) is 0.793. The smallest absolute Gasteiger partial charge is 0.198 e. The largest absolute Gasteiger partial charge is 0.449 e. The van der Waals surface area contributed by atoms with Gasteiger partial charge in [-0.05, 0) is 34.2 Å². The van der Waals surface area contributed by atoms with Gasteiger partial charge < -0.3 is 4.42 Å². The Labute approximate surface area is 90.1 Å². The summed E-state index contributed by atoms with van der Waals surface area (Å²) in [6.45, 7) is 0. The minimum atomic E-state index is 0.768. The Kier molecular flexibility index (Phi) is 2.63. The maximum Gasteiger partial charge on any atom is 0.198 e. The lowest BCUT2D eigenvalue weighted by Crippen LogP contribution is -1.90. The summed E-state index contributed by atoms with van der Waals surface area (Å²) in [5.74, 6) is 0.768. The van der Waals surface area contributed by atoms with Crippen molar-refractivity contribution in [1.82, 2.24) is 4.98 Å². The van der Waals surface area contributed by atoms with Gasteiger partial charge in [0.2, 0.25) is 0 Å². The molecule has 0 atom stereocenters. The second-order valence-corrected chi connectivity index (χ2v) is 3.86. The average Bonchev–Trinajstić information content (AvgIpc) is 2.61. The van der Waals surface area contributed by atoms with Crippen molar-refractivity contribution in [3.05, 3.63) is 51.7 Å². The normalized spacial score (nSPS) is 10.2. The zero-order valence-electron chi connectivity index (χ0n) is 6.90. The van der Waals surface area contributed by atoms with E-state index < -0.39 is 0 Å². The molecular weight excluding hydrogens is 277 g/mol. The Hall–Kier alpha value is -0.840. The number of oxazole rings is 1. The minimum Gasteiger partial charge on any atom is -0.449 e. The highest BCUT2D eigenvalue weighted by Crippen LogP contribution is 2.14. The first-order chi connectivity index (χ1) is 6.36. The van der Waals surface area contributed by atoms with E-state index in [9.17, 15) is 0 Å². The van der Waals surface area contributed by atoms with Crippen LogP contribution in [0, 0.1) is 3.57 Å². The number of hydrogen-bond donors (Lipinski definition) is 0. The van der Waals surface area contributed by atoms with E-state index in [1.807, 2.05) is 12.1 Å². The fourth-order valence-corrected chi connectivity index (χ4v) is 1.72. The number of aromatic nitrogens is 1. The van der Waals surface area contributed by atoms with Crippen molar-refractivity contribution in [3.63, 3.8) is 0 Å². The zero-order chi connectivity index (χ0) is 9.10. The van der Waals surface area contributed by atoms with Gasteiger partial charge in [-0.25, -0.2) is 4.98 Å². The molecule has 0 aliphatic heterocycles. The molecular formula is C10H8INO. The first-order valence-electron chi connectivity index (χ1n) is 3.98. The lowest BCUT2D eigenvalue weighted by molar-refractivity contribution is 0.506. The molecule has 0 aliphatic rings. The summed E-state index contributed by atoms with van der Waals surface area (Å²) in [5, 5.41) is 0. The van der Waals surface area contributed by atoms with Gasteiger partial charge in [0.1, 0.15) is 6.26 Å². The van der Waals surface area contributed by atoms with Crippen molar-refractivity contribution >= 4 is 22.6 Å². The highest BCUT2D eigenvalue weighted by molar-refractivity contribution is 14.1. The maximum atomic E-state index is 5.18. The second-order valence-electron chi connectivity index (χ2n) is 2.69. The summed E-state index contributed by atoms with van der Waals surface area (Å²) in [7, 11) is 0. The molecule has 1 aromatic carbocycles. The predicted molar refractivity (Wildman–Crippen MR) is 58.5 cm³/mol. The number of halogens is 1. The van der Waals surface area contributed by atoms with Crippen LogP contribution in [-0.4, -0.2) is 4.98 Å². The van der Waals surface area contributed by atoms with Gasteiger partial charge in [0.05, 0.1) is 12.6 Å². The average molecular weight is 285 g/mol. The summed E-state index contributed by atoms with van der Waals surface area (Å²) in [6, 6.07) is 8.23. The summed E-state index contributed by atoms with van der Waals surface area (Å²) in [6.07, 6.45) is 4.04. The molecule has 0 aliphatic carbocycles. The number of hydrogen-bond acceptors (Lipinski definition) is 2. The fourth-order valence-electron chi connectivity index (χ4n) is 1.14. The maximum absolute atomic E-state index is 5.18. The van der Waals surface area contributed by atoms with Crippen molar-refractivity contribution in [2.24, 2.45) is 0 Å². The Morgan fingerprint density at radius 3 is 2.85 bits per heavy atom. The number of rotatable bonds is 2. The van der Waals surface area contributed by atoms with Crippen LogP contribution in [-0.2, 0) is 6.42 Å². The summed E-state index contributed by atoms with van der Waals surface area (Å²) in [4.78, 5) is 4.08. The Morgan fingerprint density at radius 1 is 1.31 bits per heavy atom. The van der Waals surface area contributed by atoms with Crippen molar-refractivity contribution < 1.29 is 4.42 Å².